The summed E-state index contributed by atoms with van der Waals surface area (Å²) in [6.45, 7) is 0.336. The van der Waals surface area contributed by atoms with Crippen molar-refractivity contribution >= 4 is 22.8 Å². The first kappa shape index (κ1) is 19.6. The molecule has 152 valence electrons. The highest BCUT2D eigenvalue weighted by atomic mass is 19.1. The summed E-state index contributed by atoms with van der Waals surface area (Å²) >= 11 is 0. The number of nitrogens with zero attached hydrogens (tertiary/aromatic N) is 2. The number of amides is 2. The zero-order valence-corrected chi connectivity index (χ0v) is 16.7. The monoisotopic (exact) mass is 402 g/mol. The SMILES string of the molecule is Cn1c(CCc2ccc(NC(=O)NCc3ccc(F)cc3)cc2)nc2ccccc21. The summed E-state index contributed by atoms with van der Waals surface area (Å²) in [7, 11) is 2.04. The Morgan fingerprint density at radius 2 is 1.63 bits per heavy atom. The number of urea groups is 1. The molecule has 1 aromatic heterocycles. The second-order valence-corrected chi connectivity index (χ2v) is 7.21. The molecule has 30 heavy (non-hydrogen) atoms. The van der Waals surface area contributed by atoms with Crippen LogP contribution >= 0.6 is 0 Å². The molecule has 0 atom stereocenters. The molecule has 1 heterocycles. The van der Waals surface area contributed by atoms with Gasteiger partial charge in [-0.05, 0) is 53.9 Å². The van der Waals surface area contributed by atoms with E-state index in [0.29, 0.717) is 6.54 Å². The van der Waals surface area contributed by atoms with Crippen LogP contribution in [0.3, 0.4) is 0 Å². The number of anilines is 1. The number of imidazole rings is 1. The normalized spacial score (nSPS) is 10.9. The summed E-state index contributed by atoms with van der Waals surface area (Å²) < 4.78 is 15.1. The van der Waals surface area contributed by atoms with E-state index in [1.807, 2.05) is 49.5 Å². The molecule has 0 aliphatic carbocycles. The predicted octanol–water partition coefficient (Wildman–Crippen LogP) is 4.82. The van der Waals surface area contributed by atoms with Gasteiger partial charge in [0, 0.05) is 25.7 Å². The highest BCUT2D eigenvalue weighted by Gasteiger charge is 2.07. The van der Waals surface area contributed by atoms with Crippen molar-refractivity contribution in [1.29, 1.82) is 0 Å². The molecule has 0 aliphatic rings. The number of hydrogen-bond donors (Lipinski definition) is 2. The second kappa shape index (κ2) is 8.78. The molecular weight excluding hydrogens is 379 g/mol. The molecule has 4 aromatic rings. The van der Waals surface area contributed by atoms with Crippen molar-refractivity contribution in [3.8, 4) is 0 Å². The van der Waals surface area contributed by atoms with Crippen molar-refractivity contribution < 1.29 is 9.18 Å². The molecular formula is C24H23FN4O. The standard InChI is InChI=1S/C24H23FN4O/c1-29-22-5-3-2-4-21(22)28-23(29)15-10-17-8-13-20(14-9-17)27-24(30)26-16-18-6-11-19(25)12-7-18/h2-9,11-14H,10,15-16H2,1H3,(H2,26,27,30). The lowest BCUT2D eigenvalue weighted by molar-refractivity contribution is 0.251. The van der Waals surface area contributed by atoms with Gasteiger partial charge >= 0.3 is 6.03 Å². The Balaban J connectivity index is 1.29. The van der Waals surface area contributed by atoms with Gasteiger partial charge in [-0.15, -0.1) is 0 Å². The van der Waals surface area contributed by atoms with Gasteiger partial charge in [0.2, 0.25) is 0 Å². The summed E-state index contributed by atoms with van der Waals surface area (Å²) in [5, 5.41) is 5.57. The number of fused-ring (bicyclic) bond motifs is 1. The number of carbonyl (C=O) groups excluding carboxylic acids is 1. The van der Waals surface area contributed by atoms with Crippen LogP contribution in [-0.2, 0) is 26.4 Å². The average Bonchev–Trinajstić information content (AvgIpc) is 3.09. The maximum absolute atomic E-state index is 12.9. The fourth-order valence-corrected chi connectivity index (χ4v) is 3.39. The number of benzene rings is 3. The Morgan fingerprint density at radius 1 is 0.933 bits per heavy atom. The smallest absolute Gasteiger partial charge is 0.319 e. The number of aryl methyl sites for hydroxylation is 3. The van der Waals surface area contributed by atoms with Gasteiger partial charge < -0.3 is 15.2 Å². The van der Waals surface area contributed by atoms with E-state index in [0.717, 1.165) is 41.0 Å². The van der Waals surface area contributed by atoms with E-state index in [1.165, 1.54) is 17.7 Å². The van der Waals surface area contributed by atoms with Crippen molar-refractivity contribution in [2.45, 2.75) is 19.4 Å². The number of carbonyl (C=O) groups is 1. The third kappa shape index (κ3) is 4.66. The third-order valence-corrected chi connectivity index (χ3v) is 5.10. The van der Waals surface area contributed by atoms with Gasteiger partial charge in [-0.25, -0.2) is 14.2 Å². The Kier molecular flexibility index (Phi) is 5.75. The number of rotatable bonds is 6. The molecule has 0 saturated heterocycles. The van der Waals surface area contributed by atoms with E-state index in [-0.39, 0.29) is 11.8 Å². The lowest BCUT2D eigenvalue weighted by atomic mass is 10.1. The van der Waals surface area contributed by atoms with Gasteiger partial charge in [0.25, 0.3) is 0 Å². The van der Waals surface area contributed by atoms with Crippen molar-refractivity contribution in [2.75, 3.05) is 5.32 Å². The minimum Gasteiger partial charge on any atom is -0.334 e. The molecule has 0 saturated carbocycles. The highest BCUT2D eigenvalue weighted by Crippen LogP contribution is 2.17. The number of hydrogen-bond acceptors (Lipinski definition) is 2. The van der Waals surface area contributed by atoms with Crippen LogP contribution in [0.2, 0.25) is 0 Å². The Hall–Kier alpha value is -3.67. The Morgan fingerprint density at radius 3 is 2.37 bits per heavy atom. The lowest BCUT2D eigenvalue weighted by Crippen LogP contribution is -2.28. The van der Waals surface area contributed by atoms with Gasteiger partial charge in [0.1, 0.15) is 11.6 Å². The van der Waals surface area contributed by atoms with Crippen LogP contribution in [0.25, 0.3) is 11.0 Å². The molecule has 3 aromatic carbocycles. The molecule has 0 spiro atoms. The van der Waals surface area contributed by atoms with Gasteiger partial charge in [-0.1, -0.05) is 36.4 Å². The topological polar surface area (TPSA) is 59.0 Å². The van der Waals surface area contributed by atoms with Crippen LogP contribution in [0.4, 0.5) is 14.9 Å². The summed E-state index contributed by atoms with van der Waals surface area (Å²) in [5.74, 6) is 0.762. The highest BCUT2D eigenvalue weighted by molar-refractivity contribution is 5.89. The number of halogens is 1. The van der Waals surface area contributed by atoms with E-state index in [4.69, 9.17) is 4.98 Å². The fourth-order valence-electron chi connectivity index (χ4n) is 3.39. The first-order valence-corrected chi connectivity index (χ1v) is 9.87. The molecule has 0 fully saturated rings. The van der Waals surface area contributed by atoms with E-state index >= 15 is 0 Å². The molecule has 0 radical (unpaired) electrons. The molecule has 6 heteroatoms. The van der Waals surface area contributed by atoms with E-state index < -0.39 is 0 Å². The molecule has 5 nitrogen and oxygen atoms in total. The molecule has 2 amide bonds. The maximum Gasteiger partial charge on any atom is 0.319 e. The summed E-state index contributed by atoms with van der Waals surface area (Å²) in [6, 6.07) is 21.7. The van der Waals surface area contributed by atoms with E-state index in [1.54, 1.807) is 12.1 Å². The minimum absolute atomic E-state index is 0.292. The number of aromatic nitrogens is 2. The molecule has 0 aliphatic heterocycles. The zero-order valence-electron chi connectivity index (χ0n) is 16.7. The van der Waals surface area contributed by atoms with E-state index in [9.17, 15) is 9.18 Å². The first-order valence-electron chi connectivity index (χ1n) is 9.87. The van der Waals surface area contributed by atoms with Gasteiger partial charge in [-0.2, -0.15) is 0 Å². The minimum atomic E-state index is -0.299. The van der Waals surface area contributed by atoms with Crippen LogP contribution in [0.1, 0.15) is 17.0 Å². The van der Waals surface area contributed by atoms with Crippen LogP contribution in [0.15, 0.2) is 72.8 Å². The summed E-state index contributed by atoms with van der Waals surface area (Å²) in [6.07, 6.45) is 1.71. The van der Waals surface area contributed by atoms with Crippen LogP contribution in [-0.4, -0.2) is 15.6 Å². The van der Waals surface area contributed by atoms with Crippen molar-refractivity contribution in [1.82, 2.24) is 14.9 Å². The molecule has 0 bridgehead atoms. The van der Waals surface area contributed by atoms with Gasteiger partial charge in [0.05, 0.1) is 11.0 Å². The maximum atomic E-state index is 12.9. The van der Waals surface area contributed by atoms with Crippen molar-refractivity contribution in [3.05, 3.63) is 95.6 Å². The summed E-state index contributed by atoms with van der Waals surface area (Å²) in [4.78, 5) is 16.8. The van der Waals surface area contributed by atoms with Crippen LogP contribution in [0.5, 0.6) is 0 Å². The zero-order chi connectivity index (χ0) is 20.9. The van der Waals surface area contributed by atoms with Crippen LogP contribution in [0, 0.1) is 5.82 Å². The lowest BCUT2D eigenvalue weighted by Gasteiger charge is -2.09. The fraction of sp³-hybridized carbons (Fsp3) is 0.167. The van der Waals surface area contributed by atoms with Gasteiger partial charge in [-0.3, -0.25) is 0 Å². The quantitative estimate of drug-likeness (QED) is 0.486. The third-order valence-electron chi connectivity index (χ3n) is 5.10. The van der Waals surface area contributed by atoms with Crippen molar-refractivity contribution in [3.63, 3.8) is 0 Å². The molecule has 2 N–H and O–H groups in total. The Bertz CT molecular complexity index is 1150. The number of para-hydroxylation sites is 2. The number of nitrogens with one attached hydrogen (secondary N) is 2. The van der Waals surface area contributed by atoms with Crippen molar-refractivity contribution in [2.24, 2.45) is 7.05 Å². The summed E-state index contributed by atoms with van der Waals surface area (Å²) in [5.41, 5.74) is 4.89. The van der Waals surface area contributed by atoms with E-state index in [2.05, 4.69) is 21.3 Å². The largest absolute Gasteiger partial charge is 0.334 e. The molecule has 4 rings (SSSR count). The van der Waals surface area contributed by atoms with Gasteiger partial charge in [0.15, 0.2) is 0 Å². The second-order valence-electron chi connectivity index (χ2n) is 7.21. The van der Waals surface area contributed by atoms with Crippen LogP contribution < -0.4 is 10.6 Å². The average molecular weight is 402 g/mol. The Labute approximate surface area is 174 Å². The first-order chi connectivity index (χ1) is 14.6. The molecule has 0 unspecified atom stereocenters. The predicted molar refractivity (Wildman–Crippen MR) is 117 cm³/mol.